The van der Waals surface area contributed by atoms with Gasteiger partial charge in [0.15, 0.2) is 0 Å². The molecule has 126 valence electrons. The Balaban J connectivity index is 2.33. The largest absolute Gasteiger partial charge is 0.466 e. The van der Waals surface area contributed by atoms with E-state index in [-0.39, 0.29) is 30.5 Å². The Labute approximate surface area is 139 Å². The third kappa shape index (κ3) is 4.52. The molecule has 0 spiro atoms. The van der Waals surface area contributed by atoms with Gasteiger partial charge in [-0.1, -0.05) is 30.3 Å². The van der Waals surface area contributed by atoms with Gasteiger partial charge in [0.1, 0.15) is 0 Å². The Kier molecular flexibility index (Phi) is 5.83. The Morgan fingerprint density at radius 1 is 1.29 bits per heavy atom. The van der Waals surface area contributed by atoms with E-state index in [1.807, 2.05) is 30.3 Å². The van der Waals surface area contributed by atoms with Crippen LogP contribution in [0.3, 0.4) is 0 Å². The minimum atomic E-state index is -0.499. The smallest absolute Gasteiger partial charge is 0.311 e. The fourth-order valence-corrected chi connectivity index (χ4v) is 2.29. The van der Waals surface area contributed by atoms with Gasteiger partial charge in [0.25, 0.3) is 0 Å². The van der Waals surface area contributed by atoms with Gasteiger partial charge in [-0.2, -0.15) is 0 Å². The summed E-state index contributed by atoms with van der Waals surface area (Å²) >= 11 is 0. The van der Waals surface area contributed by atoms with Crippen molar-refractivity contribution in [3.63, 3.8) is 0 Å². The number of nitrogens with one attached hydrogen (secondary N) is 1. The molecule has 1 aromatic carbocycles. The molecule has 0 aliphatic rings. The molecule has 1 atom stereocenters. The van der Waals surface area contributed by atoms with Crippen LogP contribution >= 0.6 is 0 Å². The van der Waals surface area contributed by atoms with Gasteiger partial charge < -0.3 is 10.1 Å². The van der Waals surface area contributed by atoms with E-state index in [1.54, 1.807) is 19.9 Å². The van der Waals surface area contributed by atoms with Crippen LogP contribution in [-0.2, 0) is 9.53 Å². The van der Waals surface area contributed by atoms with Gasteiger partial charge in [-0.25, -0.2) is 4.98 Å². The quantitative estimate of drug-likeness (QED) is 0.475. The zero-order valence-electron chi connectivity index (χ0n) is 13.6. The molecule has 1 N–H and O–H groups in total. The Hall–Kier alpha value is -2.96. The maximum absolute atomic E-state index is 11.9. The summed E-state index contributed by atoms with van der Waals surface area (Å²) in [5.41, 5.74) is 1.33. The molecule has 0 saturated heterocycles. The minimum absolute atomic E-state index is 0.0463. The molecule has 1 unspecified atom stereocenters. The van der Waals surface area contributed by atoms with Crippen molar-refractivity contribution in [2.45, 2.75) is 26.3 Å². The van der Waals surface area contributed by atoms with Crippen molar-refractivity contribution in [1.29, 1.82) is 0 Å². The van der Waals surface area contributed by atoms with Crippen molar-refractivity contribution in [2.75, 3.05) is 11.9 Å². The Morgan fingerprint density at radius 3 is 2.62 bits per heavy atom. The monoisotopic (exact) mass is 329 g/mol. The summed E-state index contributed by atoms with van der Waals surface area (Å²) in [6, 6.07) is 11.7. The van der Waals surface area contributed by atoms with Crippen LogP contribution in [0.1, 0.15) is 30.6 Å². The van der Waals surface area contributed by atoms with Gasteiger partial charge in [-0.15, -0.1) is 0 Å². The first-order valence-electron chi connectivity index (χ1n) is 7.60. The first-order chi connectivity index (χ1) is 11.5. The fourth-order valence-electron chi connectivity index (χ4n) is 2.29. The lowest BCUT2D eigenvalue weighted by Crippen LogP contribution is -2.18. The standard InChI is InChI=1S/C17H19N3O4/c1-3-24-16(21)11-14(13-7-5-4-6-8-13)19-17-15(20(22)23)10-9-12(2)18-17/h4-10,14H,3,11H2,1-2H3,(H,18,19). The SMILES string of the molecule is CCOC(=O)CC(Nc1nc(C)ccc1[N+](=O)[O-])c1ccccc1. The van der Waals surface area contributed by atoms with E-state index in [4.69, 9.17) is 4.74 Å². The van der Waals surface area contributed by atoms with Crippen LogP contribution in [-0.4, -0.2) is 22.5 Å². The molecule has 0 aliphatic carbocycles. The number of ether oxygens (including phenoxy) is 1. The molecule has 24 heavy (non-hydrogen) atoms. The molecule has 0 amide bonds. The lowest BCUT2D eigenvalue weighted by Gasteiger charge is -2.19. The molecular weight excluding hydrogens is 310 g/mol. The van der Waals surface area contributed by atoms with Crippen LogP contribution in [0.5, 0.6) is 0 Å². The van der Waals surface area contributed by atoms with Crippen molar-refractivity contribution < 1.29 is 14.5 Å². The molecule has 1 heterocycles. The van der Waals surface area contributed by atoms with Gasteiger partial charge >= 0.3 is 11.7 Å². The highest BCUT2D eigenvalue weighted by atomic mass is 16.6. The lowest BCUT2D eigenvalue weighted by molar-refractivity contribution is -0.384. The highest BCUT2D eigenvalue weighted by Crippen LogP contribution is 2.28. The average Bonchev–Trinajstić information content (AvgIpc) is 2.55. The van der Waals surface area contributed by atoms with Gasteiger partial charge in [0.05, 0.1) is 24.0 Å². The van der Waals surface area contributed by atoms with Gasteiger partial charge in [-0.05, 0) is 25.5 Å². The number of anilines is 1. The lowest BCUT2D eigenvalue weighted by atomic mass is 10.0. The zero-order chi connectivity index (χ0) is 17.5. The van der Waals surface area contributed by atoms with E-state index in [9.17, 15) is 14.9 Å². The van der Waals surface area contributed by atoms with Crippen LogP contribution in [0, 0.1) is 17.0 Å². The van der Waals surface area contributed by atoms with Gasteiger partial charge in [-0.3, -0.25) is 14.9 Å². The number of carbonyl (C=O) groups is 1. The third-order valence-corrected chi connectivity index (χ3v) is 3.40. The average molecular weight is 329 g/mol. The molecule has 0 radical (unpaired) electrons. The summed E-state index contributed by atoms with van der Waals surface area (Å²) in [4.78, 5) is 26.8. The topological polar surface area (TPSA) is 94.4 Å². The Morgan fingerprint density at radius 2 is 2.00 bits per heavy atom. The first-order valence-corrected chi connectivity index (χ1v) is 7.60. The second kappa shape index (κ2) is 8.05. The van der Waals surface area contributed by atoms with Gasteiger partial charge in [0, 0.05) is 11.8 Å². The zero-order valence-corrected chi connectivity index (χ0v) is 13.6. The second-order valence-corrected chi connectivity index (χ2v) is 5.19. The van der Waals surface area contributed by atoms with E-state index < -0.39 is 11.0 Å². The Bertz CT molecular complexity index is 719. The molecule has 7 nitrogen and oxygen atoms in total. The number of pyridine rings is 1. The molecule has 0 bridgehead atoms. The summed E-state index contributed by atoms with van der Waals surface area (Å²) in [6.07, 6.45) is 0.0463. The number of aromatic nitrogens is 1. The highest BCUT2D eigenvalue weighted by molar-refractivity contribution is 5.71. The predicted molar refractivity (Wildman–Crippen MR) is 89.7 cm³/mol. The van der Waals surface area contributed by atoms with Crippen LogP contribution in [0.4, 0.5) is 11.5 Å². The second-order valence-electron chi connectivity index (χ2n) is 5.19. The minimum Gasteiger partial charge on any atom is -0.466 e. The molecule has 0 aliphatic heterocycles. The van der Waals surface area contributed by atoms with Crippen molar-refractivity contribution in [3.8, 4) is 0 Å². The molecule has 7 heteroatoms. The summed E-state index contributed by atoms with van der Waals surface area (Å²) < 4.78 is 5.00. The number of hydrogen-bond donors (Lipinski definition) is 1. The van der Waals surface area contributed by atoms with Crippen LogP contribution < -0.4 is 5.32 Å². The molecule has 0 fully saturated rings. The number of nitrogens with zero attached hydrogens (tertiary/aromatic N) is 2. The van der Waals surface area contributed by atoms with Crippen LogP contribution in [0.15, 0.2) is 42.5 Å². The maximum Gasteiger partial charge on any atom is 0.311 e. The molecular formula is C17H19N3O4. The number of aryl methyl sites for hydroxylation is 1. The molecule has 1 aromatic heterocycles. The summed E-state index contributed by atoms with van der Waals surface area (Å²) in [6.45, 7) is 3.76. The van der Waals surface area contributed by atoms with E-state index >= 15 is 0 Å². The number of rotatable bonds is 7. The summed E-state index contributed by atoms with van der Waals surface area (Å²) in [7, 11) is 0. The fraction of sp³-hybridized carbons (Fsp3) is 0.294. The predicted octanol–water partition coefficient (Wildman–Crippen LogP) is 3.40. The molecule has 2 rings (SSSR count). The summed E-state index contributed by atoms with van der Waals surface area (Å²) in [5.74, 6) is -0.243. The number of benzene rings is 1. The number of esters is 1. The van der Waals surface area contributed by atoms with E-state index in [0.717, 1.165) is 5.56 Å². The molecule has 0 saturated carbocycles. The van der Waals surface area contributed by atoms with Crippen molar-refractivity contribution in [2.24, 2.45) is 0 Å². The number of carbonyl (C=O) groups excluding carboxylic acids is 1. The summed E-state index contributed by atoms with van der Waals surface area (Å²) in [5, 5.41) is 14.2. The van der Waals surface area contributed by atoms with Crippen molar-refractivity contribution in [3.05, 3.63) is 63.8 Å². The van der Waals surface area contributed by atoms with Gasteiger partial charge in [0.2, 0.25) is 5.82 Å². The normalized spacial score (nSPS) is 11.6. The van der Waals surface area contributed by atoms with E-state index in [2.05, 4.69) is 10.3 Å². The van der Waals surface area contributed by atoms with Crippen molar-refractivity contribution in [1.82, 2.24) is 4.98 Å². The third-order valence-electron chi connectivity index (χ3n) is 3.40. The first kappa shape index (κ1) is 17.4. The van der Waals surface area contributed by atoms with E-state index in [1.165, 1.54) is 6.07 Å². The highest BCUT2D eigenvalue weighted by Gasteiger charge is 2.22. The number of hydrogen-bond acceptors (Lipinski definition) is 6. The van der Waals surface area contributed by atoms with E-state index in [0.29, 0.717) is 5.69 Å². The van der Waals surface area contributed by atoms with Crippen LogP contribution in [0.2, 0.25) is 0 Å². The van der Waals surface area contributed by atoms with Crippen LogP contribution in [0.25, 0.3) is 0 Å². The number of nitro groups is 1. The van der Waals surface area contributed by atoms with Crippen molar-refractivity contribution >= 4 is 17.5 Å². The molecule has 2 aromatic rings. The maximum atomic E-state index is 11.9.